The van der Waals surface area contributed by atoms with Gasteiger partial charge in [-0.05, 0) is 42.7 Å². The fraction of sp³-hybridized carbons (Fsp3) is 0.348. The van der Waals surface area contributed by atoms with Gasteiger partial charge in [0.25, 0.3) is 5.91 Å². The Bertz CT molecular complexity index is 960. The molecule has 1 heterocycles. The van der Waals surface area contributed by atoms with E-state index in [0.717, 1.165) is 21.8 Å². The number of rotatable bonds is 9. The predicted octanol–water partition coefficient (Wildman–Crippen LogP) is 1.92. The third kappa shape index (κ3) is 5.14. The third-order valence-corrected chi connectivity index (χ3v) is 5.28. The number of carbonyl (C=O) groups excluding carboxylic acids is 3. The highest BCUT2D eigenvalue weighted by Crippen LogP contribution is 2.27. The van der Waals surface area contributed by atoms with Crippen molar-refractivity contribution in [1.82, 2.24) is 15.5 Å². The van der Waals surface area contributed by atoms with Crippen molar-refractivity contribution < 1.29 is 23.9 Å². The first-order valence-corrected chi connectivity index (χ1v) is 10.0. The molecule has 1 aliphatic heterocycles. The minimum absolute atomic E-state index is 0.261. The van der Waals surface area contributed by atoms with Crippen LogP contribution in [0, 0.1) is 0 Å². The summed E-state index contributed by atoms with van der Waals surface area (Å²) in [5, 5.41) is 5.48. The van der Waals surface area contributed by atoms with Crippen LogP contribution >= 0.6 is 0 Å². The van der Waals surface area contributed by atoms with Crippen LogP contribution in [-0.2, 0) is 22.4 Å². The van der Waals surface area contributed by atoms with Crippen molar-refractivity contribution in [3.05, 3.63) is 59.7 Å². The molecule has 0 bridgehead atoms. The molecule has 8 heteroatoms. The van der Waals surface area contributed by atoms with E-state index in [4.69, 9.17) is 9.47 Å². The fourth-order valence-electron chi connectivity index (χ4n) is 3.58. The normalized spacial score (nSPS) is 18.0. The number of imide groups is 1. The van der Waals surface area contributed by atoms with Gasteiger partial charge in [0.05, 0.1) is 14.2 Å². The maximum atomic E-state index is 12.9. The van der Waals surface area contributed by atoms with Crippen molar-refractivity contribution >= 4 is 17.8 Å². The summed E-state index contributed by atoms with van der Waals surface area (Å²) in [5.41, 5.74) is 0.696. The number of amides is 4. The van der Waals surface area contributed by atoms with Gasteiger partial charge >= 0.3 is 6.03 Å². The Balaban J connectivity index is 1.55. The summed E-state index contributed by atoms with van der Waals surface area (Å²) in [4.78, 5) is 38.6. The Labute approximate surface area is 181 Å². The zero-order chi connectivity index (χ0) is 22.4. The van der Waals surface area contributed by atoms with Crippen LogP contribution in [0.1, 0.15) is 18.1 Å². The molecule has 0 aliphatic carbocycles. The molecule has 2 aromatic rings. The molecular formula is C23H27N3O5. The molecule has 0 spiro atoms. The minimum atomic E-state index is -1.14. The van der Waals surface area contributed by atoms with Crippen molar-refractivity contribution in [2.75, 3.05) is 27.3 Å². The summed E-state index contributed by atoms with van der Waals surface area (Å²) >= 11 is 0. The predicted molar refractivity (Wildman–Crippen MR) is 115 cm³/mol. The van der Waals surface area contributed by atoms with Gasteiger partial charge in [-0.2, -0.15) is 0 Å². The Hall–Kier alpha value is -3.55. The Morgan fingerprint density at radius 2 is 1.77 bits per heavy atom. The van der Waals surface area contributed by atoms with E-state index in [1.807, 2.05) is 42.5 Å². The Kier molecular flexibility index (Phi) is 6.79. The first kappa shape index (κ1) is 22.1. The summed E-state index contributed by atoms with van der Waals surface area (Å²) in [7, 11) is 3.16. The van der Waals surface area contributed by atoms with Gasteiger partial charge < -0.3 is 20.1 Å². The van der Waals surface area contributed by atoms with Gasteiger partial charge in [0, 0.05) is 13.0 Å². The number of methoxy groups -OCH3 is 2. The van der Waals surface area contributed by atoms with Crippen molar-refractivity contribution in [3.8, 4) is 11.5 Å². The number of hydrogen-bond donors (Lipinski definition) is 2. The number of carbonyl (C=O) groups is 3. The highest BCUT2D eigenvalue weighted by atomic mass is 16.5. The third-order valence-electron chi connectivity index (χ3n) is 5.28. The van der Waals surface area contributed by atoms with Gasteiger partial charge in [-0.25, -0.2) is 4.79 Å². The first-order chi connectivity index (χ1) is 14.9. The van der Waals surface area contributed by atoms with Crippen molar-refractivity contribution in [3.63, 3.8) is 0 Å². The average molecular weight is 425 g/mol. The van der Waals surface area contributed by atoms with Gasteiger partial charge in [-0.3, -0.25) is 14.5 Å². The maximum absolute atomic E-state index is 12.9. The van der Waals surface area contributed by atoms with E-state index in [1.54, 1.807) is 27.2 Å². The standard InChI is InChI=1S/C23H27N3O5/c1-23(14-17-6-4-5-7-19(17)31-3)21(28)26(22(29)25-23)15-20(27)24-13-12-16-8-10-18(30-2)11-9-16/h4-11H,12-15H2,1-3H3,(H,24,27)(H,25,29)/t23-/m1/s1. The monoisotopic (exact) mass is 425 g/mol. The van der Waals surface area contributed by atoms with E-state index in [-0.39, 0.29) is 13.0 Å². The Morgan fingerprint density at radius 3 is 2.45 bits per heavy atom. The molecule has 1 saturated heterocycles. The molecule has 0 radical (unpaired) electrons. The van der Waals surface area contributed by atoms with Gasteiger partial charge in [0.15, 0.2) is 0 Å². The number of ether oxygens (including phenoxy) is 2. The van der Waals surface area contributed by atoms with Crippen LogP contribution in [0.5, 0.6) is 11.5 Å². The molecule has 2 aromatic carbocycles. The highest BCUT2D eigenvalue weighted by molar-refractivity contribution is 6.09. The summed E-state index contributed by atoms with van der Waals surface area (Å²) in [6, 6.07) is 14.3. The van der Waals surface area contributed by atoms with Crippen molar-refractivity contribution in [2.45, 2.75) is 25.3 Å². The first-order valence-electron chi connectivity index (χ1n) is 10.0. The Morgan fingerprint density at radius 1 is 1.06 bits per heavy atom. The zero-order valence-corrected chi connectivity index (χ0v) is 17.9. The van der Waals surface area contributed by atoms with Crippen LogP contribution in [0.3, 0.4) is 0 Å². The number of para-hydroxylation sites is 1. The van der Waals surface area contributed by atoms with Crippen LogP contribution in [0.2, 0.25) is 0 Å². The van der Waals surface area contributed by atoms with E-state index in [0.29, 0.717) is 18.7 Å². The molecular weight excluding hydrogens is 398 g/mol. The molecule has 1 aliphatic rings. The van der Waals surface area contributed by atoms with E-state index in [2.05, 4.69) is 10.6 Å². The van der Waals surface area contributed by atoms with Crippen LogP contribution in [0.25, 0.3) is 0 Å². The lowest BCUT2D eigenvalue weighted by molar-refractivity contribution is -0.134. The molecule has 1 atom stereocenters. The lowest BCUT2D eigenvalue weighted by atomic mass is 9.92. The van der Waals surface area contributed by atoms with Crippen LogP contribution in [0.4, 0.5) is 4.79 Å². The molecule has 2 N–H and O–H groups in total. The molecule has 0 unspecified atom stereocenters. The zero-order valence-electron chi connectivity index (χ0n) is 17.9. The SMILES string of the molecule is COc1ccc(CCNC(=O)CN2C(=O)N[C@](C)(Cc3ccccc3OC)C2=O)cc1. The number of hydrogen-bond acceptors (Lipinski definition) is 5. The highest BCUT2D eigenvalue weighted by Gasteiger charge is 2.48. The topological polar surface area (TPSA) is 97.0 Å². The number of nitrogens with one attached hydrogen (secondary N) is 2. The molecule has 0 saturated carbocycles. The average Bonchev–Trinajstić information content (AvgIpc) is 2.97. The molecule has 4 amide bonds. The lowest BCUT2D eigenvalue weighted by Crippen LogP contribution is -2.47. The van der Waals surface area contributed by atoms with Crippen molar-refractivity contribution in [2.24, 2.45) is 0 Å². The van der Waals surface area contributed by atoms with Crippen molar-refractivity contribution in [1.29, 1.82) is 0 Å². The number of urea groups is 1. The van der Waals surface area contributed by atoms with Gasteiger partial charge in [0.1, 0.15) is 23.6 Å². The summed E-state index contributed by atoms with van der Waals surface area (Å²) in [6.45, 7) is 1.73. The molecule has 164 valence electrons. The van der Waals surface area contributed by atoms with Gasteiger partial charge in [-0.1, -0.05) is 30.3 Å². The van der Waals surface area contributed by atoms with Crippen LogP contribution in [-0.4, -0.2) is 55.6 Å². The van der Waals surface area contributed by atoms with E-state index in [1.165, 1.54) is 0 Å². The van der Waals surface area contributed by atoms with Crippen LogP contribution < -0.4 is 20.1 Å². The smallest absolute Gasteiger partial charge is 0.325 e. The summed E-state index contributed by atoms with van der Waals surface area (Å²) < 4.78 is 10.5. The second kappa shape index (κ2) is 9.51. The maximum Gasteiger partial charge on any atom is 0.325 e. The van der Waals surface area contributed by atoms with E-state index < -0.39 is 23.4 Å². The number of nitrogens with zero attached hydrogens (tertiary/aromatic N) is 1. The molecule has 0 aromatic heterocycles. The van der Waals surface area contributed by atoms with Gasteiger partial charge in [0.2, 0.25) is 5.91 Å². The quantitative estimate of drug-likeness (QED) is 0.599. The minimum Gasteiger partial charge on any atom is -0.497 e. The van der Waals surface area contributed by atoms with E-state index in [9.17, 15) is 14.4 Å². The van der Waals surface area contributed by atoms with Crippen LogP contribution in [0.15, 0.2) is 48.5 Å². The second-order valence-corrected chi connectivity index (χ2v) is 7.59. The lowest BCUT2D eigenvalue weighted by Gasteiger charge is -2.22. The fourth-order valence-corrected chi connectivity index (χ4v) is 3.58. The second-order valence-electron chi connectivity index (χ2n) is 7.59. The molecule has 31 heavy (non-hydrogen) atoms. The van der Waals surface area contributed by atoms with Gasteiger partial charge in [-0.15, -0.1) is 0 Å². The summed E-state index contributed by atoms with van der Waals surface area (Å²) in [6.07, 6.45) is 0.887. The number of benzene rings is 2. The molecule has 1 fully saturated rings. The van der Waals surface area contributed by atoms with E-state index >= 15 is 0 Å². The molecule has 3 rings (SSSR count). The largest absolute Gasteiger partial charge is 0.497 e. The summed E-state index contributed by atoms with van der Waals surface area (Å²) in [5.74, 6) is 0.579. The molecule has 8 nitrogen and oxygen atoms in total.